The minimum absolute atomic E-state index is 0.211. The molecule has 47 heavy (non-hydrogen) atoms. The van der Waals surface area contributed by atoms with Crippen molar-refractivity contribution in [3.63, 3.8) is 0 Å². The molecule has 7 nitrogen and oxygen atoms in total. The van der Waals surface area contributed by atoms with Gasteiger partial charge >= 0.3 is 6.09 Å². The van der Waals surface area contributed by atoms with Gasteiger partial charge in [-0.1, -0.05) is 136 Å². The van der Waals surface area contributed by atoms with Crippen molar-refractivity contribution in [2.45, 2.75) is 182 Å². The van der Waals surface area contributed by atoms with Crippen LogP contribution in [-0.4, -0.2) is 103 Å². The van der Waals surface area contributed by atoms with E-state index < -0.39 is 5.60 Å². The summed E-state index contributed by atoms with van der Waals surface area (Å²) in [5, 5.41) is 0. The molecule has 0 spiro atoms. The first-order chi connectivity index (χ1) is 22.7. The summed E-state index contributed by atoms with van der Waals surface area (Å²) in [7, 11) is 0. The fourth-order valence-electron chi connectivity index (χ4n) is 6.52. The summed E-state index contributed by atoms with van der Waals surface area (Å²) in [5.41, 5.74) is -0.502. The molecule has 0 unspecified atom stereocenters. The number of amides is 2. The van der Waals surface area contributed by atoms with Crippen LogP contribution in [0, 0.1) is 0 Å². The lowest BCUT2D eigenvalue weighted by Gasteiger charge is -2.36. The Labute approximate surface area is 292 Å². The maximum Gasteiger partial charge on any atom is 0.410 e. The molecule has 0 N–H and O–H groups in total. The highest BCUT2D eigenvalue weighted by molar-refractivity contribution is 5.78. The first kappa shape index (κ1) is 43.7. The van der Waals surface area contributed by atoms with E-state index in [2.05, 4.69) is 30.6 Å². The van der Waals surface area contributed by atoms with E-state index in [0.29, 0.717) is 32.7 Å². The second-order valence-corrected chi connectivity index (χ2v) is 15.3. The third-order valence-corrected chi connectivity index (χ3v) is 9.61. The molecule has 1 aliphatic rings. The largest absolute Gasteiger partial charge is 0.444 e. The molecule has 0 saturated carbocycles. The Balaban J connectivity index is 2.69. The zero-order valence-corrected chi connectivity index (χ0v) is 32.4. The van der Waals surface area contributed by atoms with Gasteiger partial charge in [0.1, 0.15) is 5.60 Å². The van der Waals surface area contributed by atoms with Crippen LogP contribution >= 0.6 is 0 Å². The first-order valence-electron chi connectivity index (χ1n) is 20.4. The van der Waals surface area contributed by atoms with Gasteiger partial charge < -0.3 is 19.4 Å². The van der Waals surface area contributed by atoms with Crippen molar-refractivity contribution in [3.8, 4) is 0 Å². The van der Waals surface area contributed by atoms with Crippen LogP contribution in [0.15, 0.2) is 0 Å². The first-order valence-corrected chi connectivity index (χ1v) is 20.4. The minimum atomic E-state index is -0.502. The van der Waals surface area contributed by atoms with Crippen LogP contribution in [0.1, 0.15) is 176 Å². The molecule has 2 amide bonds. The van der Waals surface area contributed by atoms with Gasteiger partial charge in [-0.15, -0.1) is 0 Å². The molecule has 1 fully saturated rings. The topological polar surface area (TPSA) is 56.3 Å². The minimum Gasteiger partial charge on any atom is -0.444 e. The van der Waals surface area contributed by atoms with Gasteiger partial charge in [0.2, 0.25) is 5.91 Å². The second-order valence-electron chi connectivity index (χ2n) is 15.3. The van der Waals surface area contributed by atoms with Crippen molar-refractivity contribution in [2.75, 3.05) is 65.4 Å². The summed E-state index contributed by atoms with van der Waals surface area (Å²) in [4.78, 5) is 34.9. The molecule has 0 aromatic rings. The maximum absolute atomic E-state index is 13.5. The van der Waals surface area contributed by atoms with Gasteiger partial charge in [0.15, 0.2) is 0 Å². The Morgan fingerprint density at radius 2 is 0.830 bits per heavy atom. The Morgan fingerprint density at radius 1 is 0.489 bits per heavy atom. The molecular weight excluding hydrogens is 584 g/mol. The van der Waals surface area contributed by atoms with Gasteiger partial charge in [0.05, 0.1) is 6.54 Å². The van der Waals surface area contributed by atoms with Crippen LogP contribution in [0.5, 0.6) is 0 Å². The zero-order chi connectivity index (χ0) is 34.6. The SMILES string of the molecule is CCCCCCCCCN(CCCCCCCCC)CCN(CCCCCCCCC)CC(=O)N1CCN(C(=O)OC(C)(C)C)CC1. The molecule has 0 aromatic carbocycles. The summed E-state index contributed by atoms with van der Waals surface area (Å²) in [6.45, 7) is 20.7. The number of carbonyl (C=O) groups is 2. The van der Waals surface area contributed by atoms with Crippen LogP contribution < -0.4 is 0 Å². The number of nitrogens with zero attached hydrogens (tertiary/aromatic N) is 4. The van der Waals surface area contributed by atoms with Crippen molar-refractivity contribution in [1.82, 2.24) is 19.6 Å². The maximum atomic E-state index is 13.5. The fourth-order valence-corrected chi connectivity index (χ4v) is 6.52. The third-order valence-electron chi connectivity index (χ3n) is 9.61. The van der Waals surface area contributed by atoms with E-state index in [1.165, 1.54) is 148 Å². The quantitative estimate of drug-likeness (QED) is 0.0745. The van der Waals surface area contributed by atoms with E-state index in [1.807, 2.05) is 25.7 Å². The second kappa shape index (κ2) is 28.5. The van der Waals surface area contributed by atoms with E-state index in [1.54, 1.807) is 4.90 Å². The zero-order valence-electron chi connectivity index (χ0n) is 32.4. The average molecular weight is 665 g/mol. The number of ether oxygens (including phenoxy) is 1. The third kappa shape index (κ3) is 24.4. The highest BCUT2D eigenvalue weighted by Gasteiger charge is 2.28. The molecule has 7 heteroatoms. The molecule has 1 saturated heterocycles. The van der Waals surface area contributed by atoms with Crippen LogP contribution in [-0.2, 0) is 9.53 Å². The van der Waals surface area contributed by atoms with Crippen molar-refractivity contribution >= 4 is 12.0 Å². The summed E-state index contributed by atoms with van der Waals surface area (Å²) in [6.07, 6.45) is 27.7. The molecule has 0 radical (unpaired) electrons. The summed E-state index contributed by atoms with van der Waals surface area (Å²) in [5.74, 6) is 0.211. The van der Waals surface area contributed by atoms with E-state index in [4.69, 9.17) is 4.74 Å². The number of carbonyl (C=O) groups excluding carboxylic acids is 2. The predicted octanol–water partition coefficient (Wildman–Crippen LogP) is 9.92. The molecule has 1 aliphatic heterocycles. The number of unbranched alkanes of at least 4 members (excludes halogenated alkanes) is 18. The highest BCUT2D eigenvalue weighted by Crippen LogP contribution is 2.14. The number of hydrogen-bond acceptors (Lipinski definition) is 5. The summed E-state index contributed by atoms with van der Waals surface area (Å²) < 4.78 is 5.56. The summed E-state index contributed by atoms with van der Waals surface area (Å²) >= 11 is 0. The fraction of sp³-hybridized carbons (Fsp3) is 0.950. The lowest BCUT2D eigenvalue weighted by molar-refractivity contribution is -0.134. The van der Waals surface area contributed by atoms with Crippen molar-refractivity contribution in [2.24, 2.45) is 0 Å². The average Bonchev–Trinajstić information content (AvgIpc) is 3.04. The lowest BCUT2D eigenvalue weighted by atomic mass is 10.1. The Kier molecular flexibility index (Phi) is 26.5. The van der Waals surface area contributed by atoms with Crippen LogP contribution in [0.4, 0.5) is 4.79 Å². The van der Waals surface area contributed by atoms with Gasteiger partial charge in [0.25, 0.3) is 0 Å². The van der Waals surface area contributed by atoms with Crippen LogP contribution in [0.2, 0.25) is 0 Å². The van der Waals surface area contributed by atoms with E-state index in [-0.39, 0.29) is 12.0 Å². The molecule has 0 atom stereocenters. The number of rotatable bonds is 29. The number of piperazine rings is 1. The molecule has 278 valence electrons. The molecule has 1 rings (SSSR count). The van der Waals surface area contributed by atoms with Gasteiger partial charge in [-0.25, -0.2) is 4.79 Å². The van der Waals surface area contributed by atoms with E-state index in [0.717, 1.165) is 19.6 Å². The Bertz CT molecular complexity index is 730. The Morgan fingerprint density at radius 3 is 1.23 bits per heavy atom. The standard InChI is InChI=1S/C40H80N4O3/c1-7-10-13-16-19-22-25-28-41(29-26-23-20-17-14-11-8-2)31-32-42(30-27-24-21-18-15-12-9-3)37-38(45)43-33-35-44(36-34-43)39(46)47-40(4,5)6/h7-37H2,1-6H3. The number of hydrogen-bond donors (Lipinski definition) is 0. The van der Waals surface area contributed by atoms with Gasteiger partial charge in [0, 0.05) is 39.3 Å². The Hall–Kier alpha value is -1.34. The van der Waals surface area contributed by atoms with Gasteiger partial charge in [-0.2, -0.15) is 0 Å². The van der Waals surface area contributed by atoms with Crippen LogP contribution in [0.25, 0.3) is 0 Å². The lowest BCUT2D eigenvalue weighted by Crippen LogP contribution is -2.53. The van der Waals surface area contributed by atoms with Gasteiger partial charge in [-0.05, 0) is 59.7 Å². The smallest absolute Gasteiger partial charge is 0.410 e. The van der Waals surface area contributed by atoms with Crippen molar-refractivity contribution < 1.29 is 14.3 Å². The molecular formula is C40H80N4O3. The molecule has 1 heterocycles. The predicted molar refractivity (Wildman–Crippen MR) is 201 cm³/mol. The normalized spacial score (nSPS) is 14.0. The monoisotopic (exact) mass is 665 g/mol. The molecule has 0 aromatic heterocycles. The highest BCUT2D eigenvalue weighted by atomic mass is 16.6. The van der Waals surface area contributed by atoms with E-state index >= 15 is 0 Å². The van der Waals surface area contributed by atoms with Gasteiger partial charge in [-0.3, -0.25) is 9.69 Å². The van der Waals surface area contributed by atoms with Crippen molar-refractivity contribution in [1.29, 1.82) is 0 Å². The van der Waals surface area contributed by atoms with Crippen molar-refractivity contribution in [3.05, 3.63) is 0 Å². The molecule has 0 bridgehead atoms. The van der Waals surface area contributed by atoms with Crippen LogP contribution in [0.3, 0.4) is 0 Å². The summed E-state index contributed by atoms with van der Waals surface area (Å²) in [6, 6.07) is 0. The molecule has 0 aliphatic carbocycles. The van der Waals surface area contributed by atoms with E-state index in [9.17, 15) is 9.59 Å².